The summed E-state index contributed by atoms with van der Waals surface area (Å²) in [6.45, 7) is 0. The topological polar surface area (TPSA) is 115 Å². The highest BCUT2D eigenvalue weighted by Gasteiger charge is 2.22. The minimum Gasteiger partial charge on any atom is -0.398 e. The fourth-order valence-corrected chi connectivity index (χ4v) is 4.16. The molecule has 1 aliphatic carbocycles. The van der Waals surface area contributed by atoms with Gasteiger partial charge in [0.25, 0.3) is 0 Å². The molecule has 134 valence electrons. The molecular formula is C21H19N5O. The summed E-state index contributed by atoms with van der Waals surface area (Å²) in [6.07, 6.45) is 5.56. The van der Waals surface area contributed by atoms with Crippen LogP contribution < -0.4 is 11.5 Å². The Hall–Kier alpha value is -3.41. The van der Waals surface area contributed by atoms with Crippen molar-refractivity contribution in [3.8, 4) is 11.3 Å². The molecule has 6 nitrogen and oxygen atoms in total. The first kappa shape index (κ1) is 15.8. The van der Waals surface area contributed by atoms with Gasteiger partial charge in [0, 0.05) is 28.4 Å². The van der Waals surface area contributed by atoms with Gasteiger partial charge in [0.15, 0.2) is 11.4 Å². The van der Waals surface area contributed by atoms with E-state index in [0.29, 0.717) is 17.1 Å². The van der Waals surface area contributed by atoms with Gasteiger partial charge < -0.3 is 21.4 Å². The zero-order chi connectivity index (χ0) is 18.5. The van der Waals surface area contributed by atoms with E-state index in [2.05, 4.69) is 5.16 Å². The Bertz CT molecular complexity index is 1220. The summed E-state index contributed by atoms with van der Waals surface area (Å²) in [4.78, 5) is 4.98. The van der Waals surface area contributed by atoms with Crippen LogP contribution in [0.25, 0.3) is 33.1 Å². The van der Waals surface area contributed by atoms with Crippen molar-refractivity contribution in [2.75, 3.05) is 11.5 Å². The van der Waals surface area contributed by atoms with Crippen LogP contribution in [0.1, 0.15) is 29.5 Å². The molecule has 0 unspecified atom stereocenters. The van der Waals surface area contributed by atoms with E-state index >= 15 is 0 Å². The molecule has 0 spiro atoms. The first-order valence-electron chi connectivity index (χ1n) is 9.07. The second-order valence-electron chi connectivity index (χ2n) is 7.01. The predicted octanol–water partition coefficient (Wildman–Crippen LogP) is 4.08. The molecule has 0 atom stereocenters. The van der Waals surface area contributed by atoms with Crippen molar-refractivity contribution in [1.82, 2.24) is 10.1 Å². The molecule has 5 rings (SSSR count). The number of hydrogen-bond acceptors (Lipinski definition) is 6. The van der Waals surface area contributed by atoms with Crippen LogP contribution in [0.15, 0.2) is 34.9 Å². The van der Waals surface area contributed by atoms with E-state index in [1.54, 1.807) is 0 Å². The van der Waals surface area contributed by atoms with Crippen molar-refractivity contribution in [3.05, 3.63) is 47.0 Å². The van der Waals surface area contributed by atoms with Crippen molar-refractivity contribution < 1.29 is 4.52 Å². The number of aryl methyl sites for hydroxylation is 1. The van der Waals surface area contributed by atoms with E-state index < -0.39 is 0 Å². The summed E-state index contributed by atoms with van der Waals surface area (Å²) in [7, 11) is 0. The number of nitrogens with one attached hydrogen (secondary N) is 1. The van der Waals surface area contributed by atoms with E-state index in [9.17, 15) is 0 Å². The van der Waals surface area contributed by atoms with Crippen LogP contribution in [0.3, 0.4) is 0 Å². The van der Waals surface area contributed by atoms with Crippen molar-refractivity contribution in [2.45, 2.75) is 25.7 Å². The molecule has 0 saturated heterocycles. The lowest BCUT2D eigenvalue weighted by Gasteiger charge is -2.22. The molecule has 0 saturated carbocycles. The van der Waals surface area contributed by atoms with Crippen molar-refractivity contribution in [3.63, 3.8) is 0 Å². The van der Waals surface area contributed by atoms with E-state index in [1.807, 2.05) is 30.3 Å². The largest absolute Gasteiger partial charge is 0.398 e. The number of rotatable bonds is 2. The van der Waals surface area contributed by atoms with Crippen LogP contribution in [-0.2, 0) is 12.8 Å². The third-order valence-electron chi connectivity index (χ3n) is 5.46. The minimum absolute atomic E-state index is 0.389. The lowest BCUT2D eigenvalue weighted by molar-refractivity contribution is 0.460. The number of fused-ring (bicyclic) bond motifs is 4. The molecule has 6 heteroatoms. The molecule has 5 N–H and O–H groups in total. The van der Waals surface area contributed by atoms with Gasteiger partial charge in [-0.3, -0.25) is 0 Å². The molecule has 2 aromatic heterocycles. The molecule has 0 amide bonds. The highest BCUT2D eigenvalue weighted by molar-refractivity contribution is 6.05. The summed E-state index contributed by atoms with van der Waals surface area (Å²) in [5.74, 6) is 0.389. The summed E-state index contributed by atoms with van der Waals surface area (Å²) >= 11 is 0. The number of anilines is 2. The molecule has 0 fully saturated rings. The normalized spacial score (nSPS) is 13.8. The van der Waals surface area contributed by atoms with Crippen LogP contribution in [0, 0.1) is 5.41 Å². The molecule has 0 aliphatic heterocycles. The van der Waals surface area contributed by atoms with Gasteiger partial charge >= 0.3 is 0 Å². The highest BCUT2D eigenvalue weighted by atomic mass is 16.5. The molecule has 0 bridgehead atoms. The standard InChI is InChI=1S/C21H19N5O/c22-10-15-16(23)6-7-17-19(15)12-3-1-2-4-13(12)20(25-17)11-5-8-18-14(9-11)21(24)26-27-18/h5-10,22H,1-4,23H2,(H2,24,26). The van der Waals surface area contributed by atoms with Crippen LogP contribution in [0.4, 0.5) is 11.5 Å². The Balaban J connectivity index is 1.85. The van der Waals surface area contributed by atoms with Crippen LogP contribution in [-0.4, -0.2) is 16.4 Å². The molecule has 27 heavy (non-hydrogen) atoms. The second kappa shape index (κ2) is 5.81. The van der Waals surface area contributed by atoms with Gasteiger partial charge in [-0.05, 0) is 67.1 Å². The van der Waals surface area contributed by atoms with Crippen LogP contribution >= 0.6 is 0 Å². The maximum absolute atomic E-state index is 7.83. The number of nitrogens with two attached hydrogens (primary N) is 2. The summed E-state index contributed by atoms with van der Waals surface area (Å²) in [5, 5.41) is 13.5. The highest BCUT2D eigenvalue weighted by Crippen LogP contribution is 2.38. The average molecular weight is 357 g/mol. The van der Waals surface area contributed by atoms with Gasteiger partial charge in [0.1, 0.15) is 0 Å². The van der Waals surface area contributed by atoms with Gasteiger partial charge in [0.05, 0.1) is 16.6 Å². The summed E-state index contributed by atoms with van der Waals surface area (Å²) in [5.41, 5.74) is 19.5. The van der Waals surface area contributed by atoms with Gasteiger partial charge in [-0.1, -0.05) is 5.16 Å². The second-order valence-corrected chi connectivity index (χ2v) is 7.01. The predicted molar refractivity (Wildman–Crippen MR) is 108 cm³/mol. The molecule has 4 aromatic rings. The monoisotopic (exact) mass is 357 g/mol. The average Bonchev–Trinajstić information content (AvgIpc) is 3.07. The van der Waals surface area contributed by atoms with Crippen molar-refractivity contribution in [2.24, 2.45) is 0 Å². The maximum atomic E-state index is 7.83. The maximum Gasteiger partial charge on any atom is 0.174 e. The van der Waals surface area contributed by atoms with Crippen molar-refractivity contribution in [1.29, 1.82) is 5.41 Å². The lowest BCUT2D eigenvalue weighted by Crippen LogP contribution is -2.09. The summed E-state index contributed by atoms with van der Waals surface area (Å²) in [6, 6.07) is 9.67. The summed E-state index contributed by atoms with van der Waals surface area (Å²) < 4.78 is 5.23. The van der Waals surface area contributed by atoms with E-state index in [0.717, 1.165) is 58.8 Å². The number of nitrogens with zero attached hydrogens (tertiary/aromatic N) is 2. The molecule has 2 aromatic carbocycles. The molecule has 1 aliphatic rings. The molecule has 2 heterocycles. The minimum atomic E-state index is 0.389. The van der Waals surface area contributed by atoms with E-state index in [1.165, 1.54) is 17.3 Å². The quantitative estimate of drug-likeness (QED) is 0.369. The van der Waals surface area contributed by atoms with Gasteiger partial charge in [0.2, 0.25) is 0 Å². The third-order valence-corrected chi connectivity index (χ3v) is 5.46. The Morgan fingerprint density at radius 2 is 1.85 bits per heavy atom. The molecule has 0 radical (unpaired) electrons. The number of pyridine rings is 1. The van der Waals surface area contributed by atoms with Gasteiger partial charge in [-0.15, -0.1) is 0 Å². The van der Waals surface area contributed by atoms with E-state index in [4.69, 9.17) is 26.4 Å². The molecular weight excluding hydrogens is 338 g/mol. The van der Waals surface area contributed by atoms with Crippen LogP contribution in [0.5, 0.6) is 0 Å². The Labute approximate surface area is 155 Å². The fraction of sp³-hybridized carbons (Fsp3) is 0.190. The zero-order valence-corrected chi connectivity index (χ0v) is 14.7. The Kier molecular flexibility index (Phi) is 3.40. The van der Waals surface area contributed by atoms with E-state index in [-0.39, 0.29) is 0 Å². The Morgan fingerprint density at radius 3 is 2.67 bits per heavy atom. The smallest absolute Gasteiger partial charge is 0.174 e. The number of aromatic nitrogens is 2. The third kappa shape index (κ3) is 2.30. The van der Waals surface area contributed by atoms with Crippen molar-refractivity contribution >= 4 is 39.6 Å². The van der Waals surface area contributed by atoms with Gasteiger partial charge in [-0.2, -0.15) is 0 Å². The first-order chi connectivity index (χ1) is 13.2. The number of benzene rings is 2. The zero-order valence-electron chi connectivity index (χ0n) is 14.7. The SMILES string of the molecule is N=Cc1c(N)ccc2nc(-c3ccc4onc(N)c4c3)c3c(c12)CCCC3. The fourth-order valence-electron chi connectivity index (χ4n) is 4.16. The lowest BCUT2D eigenvalue weighted by atomic mass is 9.85. The number of nitrogen functional groups attached to an aromatic ring is 2. The van der Waals surface area contributed by atoms with Gasteiger partial charge in [-0.25, -0.2) is 4.98 Å². The van der Waals surface area contributed by atoms with Crippen LogP contribution in [0.2, 0.25) is 0 Å². The number of hydrogen-bond donors (Lipinski definition) is 3. The Morgan fingerprint density at radius 1 is 1.04 bits per heavy atom. The first-order valence-corrected chi connectivity index (χ1v) is 9.07.